The summed E-state index contributed by atoms with van der Waals surface area (Å²) in [5.74, 6) is 0. The van der Waals surface area contributed by atoms with Crippen LogP contribution in [-0.4, -0.2) is 35.8 Å². The summed E-state index contributed by atoms with van der Waals surface area (Å²) in [7, 11) is 0. The van der Waals surface area contributed by atoms with Crippen LogP contribution in [0.4, 0.5) is 0 Å². The van der Waals surface area contributed by atoms with E-state index in [4.69, 9.17) is 4.74 Å². The average molecular weight is 269 g/mol. The fourth-order valence-electron chi connectivity index (χ4n) is 3.92. The smallest absolute Gasteiger partial charge is 0.0697 e. The van der Waals surface area contributed by atoms with Gasteiger partial charge in [-0.25, -0.2) is 0 Å². The molecule has 0 bridgehead atoms. The van der Waals surface area contributed by atoms with Crippen molar-refractivity contribution in [3.63, 3.8) is 0 Å². The molecular weight excluding hydrogens is 242 g/mol. The molecule has 2 nitrogen and oxygen atoms in total. The molecule has 1 heterocycles. The average Bonchev–Trinajstić information content (AvgIpc) is 2.77. The second-order valence-corrected chi connectivity index (χ2v) is 7.82. The first-order chi connectivity index (χ1) is 8.76. The van der Waals surface area contributed by atoms with E-state index >= 15 is 0 Å². The molecule has 2 saturated carbocycles. The minimum atomic E-state index is 0.266. The third kappa shape index (κ3) is 2.59. The third-order valence-corrected chi connectivity index (χ3v) is 6.84. The molecule has 18 heavy (non-hydrogen) atoms. The van der Waals surface area contributed by atoms with Crippen molar-refractivity contribution in [2.45, 2.75) is 74.2 Å². The van der Waals surface area contributed by atoms with Gasteiger partial charge in [0.2, 0.25) is 0 Å². The fraction of sp³-hybridized carbons (Fsp3) is 1.00. The molecule has 1 atom stereocenters. The number of ether oxygens (including phenoxy) is 1. The summed E-state index contributed by atoms with van der Waals surface area (Å²) in [6.45, 7) is 2.19. The summed E-state index contributed by atoms with van der Waals surface area (Å²) in [6, 6.07) is 0.710. The summed E-state index contributed by atoms with van der Waals surface area (Å²) < 4.78 is 6.68. The van der Waals surface area contributed by atoms with Gasteiger partial charge in [0.05, 0.1) is 5.60 Å². The molecule has 1 saturated heterocycles. The summed E-state index contributed by atoms with van der Waals surface area (Å²) in [5, 5.41) is 3.87. The minimum absolute atomic E-state index is 0.266. The first-order valence-corrected chi connectivity index (χ1v) is 8.91. The van der Waals surface area contributed by atoms with E-state index in [-0.39, 0.29) is 5.60 Å². The van der Waals surface area contributed by atoms with E-state index < -0.39 is 0 Å². The molecule has 3 rings (SSSR count). The third-order valence-electron chi connectivity index (χ3n) is 5.42. The van der Waals surface area contributed by atoms with Crippen LogP contribution in [0.25, 0.3) is 0 Å². The van der Waals surface area contributed by atoms with Gasteiger partial charge in [-0.3, -0.25) is 0 Å². The normalized spacial score (nSPS) is 33.5. The SMILES string of the molecule is CSC1(CNC2CCOC3(CCCC3)C2)CCC1. The molecule has 3 fully saturated rings. The molecule has 3 heteroatoms. The van der Waals surface area contributed by atoms with Gasteiger partial charge < -0.3 is 10.1 Å². The lowest BCUT2D eigenvalue weighted by molar-refractivity contribution is -0.0839. The molecule has 1 unspecified atom stereocenters. The van der Waals surface area contributed by atoms with Crippen molar-refractivity contribution in [3.05, 3.63) is 0 Å². The minimum Gasteiger partial charge on any atom is -0.375 e. The zero-order chi connectivity index (χ0) is 12.5. The molecule has 1 aliphatic heterocycles. The molecule has 0 aromatic heterocycles. The van der Waals surface area contributed by atoms with Gasteiger partial charge in [-0.1, -0.05) is 19.3 Å². The molecule has 1 spiro atoms. The molecule has 0 radical (unpaired) electrons. The highest BCUT2D eigenvalue weighted by Crippen LogP contribution is 2.43. The Morgan fingerprint density at radius 2 is 1.94 bits per heavy atom. The lowest BCUT2D eigenvalue weighted by Gasteiger charge is -2.44. The van der Waals surface area contributed by atoms with E-state index in [0.717, 1.165) is 6.61 Å². The Kier molecular flexibility index (Phi) is 3.93. The maximum absolute atomic E-state index is 6.11. The van der Waals surface area contributed by atoms with Crippen molar-refractivity contribution >= 4 is 11.8 Å². The monoisotopic (exact) mass is 269 g/mol. The second-order valence-electron chi connectivity index (χ2n) is 6.55. The Labute approximate surface area is 116 Å². The quantitative estimate of drug-likeness (QED) is 0.845. The highest BCUT2D eigenvalue weighted by Gasteiger charge is 2.41. The van der Waals surface area contributed by atoms with Crippen LogP contribution in [0.1, 0.15) is 57.8 Å². The van der Waals surface area contributed by atoms with Gasteiger partial charge in [0, 0.05) is 23.9 Å². The van der Waals surface area contributed by atoms with Gasteiger partial charge in [0.1, 0.15) is 0 Å². The molecule has 3 aliphatic rings. The van der Waals surface area contributed by atoms with E-state index in [1.165, 1.54) is 64.3 Å². The number of hydrogen-bond donors (Lipinski definition) is 1. The summed E-state index contributed by atoms with van der Waals surface area (Å²) in [4.78, 5) is 0. The lowest BCUT2D eigenvalue weighted by atomic mass is 9.83. The van der Waals surface area contributed by atoms with Crippen molar-refractivity contribution < 1.29 is 4.74 Å². The predicted molar refractivity (Wildman–Crippen MR) is 78.3 cm³/mol. The molecular formula is C15H27NOS. The van der Waals surface area contributed by atoms with Gasteiger partial charge in [-0.05, 0) is 44.8 Å². The maximum atomic E-state index is 6.11. The molecule has 2 aliphatic carbocycles. The van der Waals surface area contributed by atoms with Gasteiger partial charge in [0.25, 0.3) is 0 Å². The van der Waals surface area contributed by atoms with Crippen molar-refractivity contribution in [2.75, 3.05) is 19.4 Å². The Morgan fingerprint density at radius 3 is 2.56 bits per heavy atom. The number of nitrogens with one attached hydrogen (secondary N) is 1. The molecule has 0 amide bonds. The molecule has 0 aromatic rings. The highest BCUT2D eigenvalue weighted by molar-refractivity contribution is 8.00. The lowest BCUT2D eigenvalue weighted by Crippen LogP contribution is -2.51. The molecule has 0 aromatic carbocycles. The zero-order valence-electron chi connectivity index (χ0n) is 11.7. The van der Waals surface area contributed by atoms with Crippen LogP contribution in [0.5, 0.6) is 0 Å². The maximum Gasteiger partial charge on any atom is 0.0697 e. The van der Waals surface area contributed by atoms with Crippen LogP contribution in [0.3, 0.4) is 0 Å². The number of hydrogen-bond acceptors (Lipinski definition) is 3. The van der Waals surface area contributed by atoms with Crippen LogP contribution in [0.2, 0.25) is 0 Å². The van der Waals surface area contributed by atoms with Crippen LogP contribution >= 0.6 is 11.8 Å². The largest absolute Gasteiger partial charge is 0.375 e. The van der Waals surface area contributed by atoms with Crippen LogP contribution in [0, 0.1) is 0 Å². The zero-order valence-corrected chi connectivity index (χ0v) is 12.5. The van der Waals surface area contributed by atoms with E-state index in [2.05, 4.69) is 23.3 Å². The van der Waals surface area contributed by atoms with E-state index in [0.29, 0.717) is 10.8 Å². The first kappa shape index (κ1) is 13.3. The fourth-order valence-corrected chi connectivity index (χ4v) is 4.85. The highest BCUT2D eigenvalue weighted by atomic mass is 32.2. The van der Waals surface area contributed by atoms with Crippen LogP contribution in [0.15, 0.2) is 0 Å². The second kappa shape index (κ2) is 5.34. The van der Waals surface area contributed by atoms with E-state index in [9.17, 15) is 0 Å². The van der Waals surface area contributed by atoms with Gasteiger partial charge in [-0.2, -0.15) is 11.8 Å². The van der Waals surface area contributed by atoms with Crippen molar-refractivity contribution in [1.29, 1.82) is 0 Å². The van der Waals surface area contributed by atoms with Crippen LogP contribution in [-0.2, 0) is 4.74 Å². The van der Waals surface area contributed by atoms with Gasteiger partial charge in [0.15, 0.2) is 0 Å². The van der Waals surface area contributed by atoms with Crippen molar-refractivity contribution in [1.82, 2.24) is 5.32 Å². The van der Waals surface area contributed by atoms with E-state index in [1.807, 2.05) is 0 Å². The Balaban J connectivity index is 1.50. The summed E-state index contributed by atoms with van der Waals surface area (Å²) in [6.07, 6.45) is 14.4. The Bertz CT molecular complexity index is 279. The standard InChI is InChI=1S/C15H27NOS/c1-18-15(8-4-9-15)12-16-13-5-10-17-14(11-13)6-2-3-7-14/h13,16H,2-12H2,1H3. The van der Waals surface area contributed by atoms with Crippen molar-refractivity contribution in [2.24, 2.45) is 0 Å². The van der Waals surface area contributed by atoms with E-state index in [1.54, 1.807) is 0 Å². The molecule has 1 N–H and O–H groups in total. The number of rotatable bonds is 4. The molecule has 104 valence electrons. The topological polar surface area (TPSA) is 21.3 Å². The van der Waals surface area contributed by atoms with Crippen molar-refractivity contribution in [3.8, 4) is 0 Å². The van der Waals surface area contributed by atoms with Gasteiger partial charge >= 0.3 is 0 Å². The first-order valence-electron chi connectivity index (χ1n) is 7.69. The van der Waals surface area contributed by atoms with Gasteiger partial charge in [-0.15, -0.1) is 0 Å². The van der Waals surface area contributed by atoms with Crippen LogP contribution < -0.4 is 5.32 Å². The summed E-state index contributed by atoms with van der Waals surface area (Å²) >= 11 is 2.08. The number of thioether (sulfide) groups is 1. The predicted octanol–water partition coefficient (Wildman–Crippen LogP) is 3.35. The Hall–Kier alpha value is 0.270. The Morgan fingerprint density at radius 1 is 1.17 bits per heavy atom. The summed E-state index contributed by atoms with van der Waals surface area (Å²) in [5.41, 5.74) is 0.266.